The number of rotatable bonds is 3. The highest BCUT2D eigenvalue weighted by molar-refractivity contribution is 6.01. The van der Waals surface area contributed by atoms with E-state index in [-0.39, 0.29) is 23.8 Å². The van der Waals surface area contributed by atoms with E-state index in [1.165, 1.54) is 24.0 Å². The third-order valence-corrected chi connectivity index (χ3v) is 5.72. The first-order valence-electron chi connectivity index (χ1n) is 12.1. The van der Waals surface area contributed by atoms with Gasteiger partial charge in [0.2, 0.25) is 0 Å². The molecule has 2 aliphatic heterocycles. The second kappa shape index (κ2) is 8.19. The van der Waals surface area contributed by atoms with Gasteiger partial charge in [-0.3, -0.25) is 9.69 Å². The van der Waals surface area contributed by atoms with Gasteiger partial charge in [-0.1, -0.05) is 18.2 Å². The van der Waals surface area contributed by atoms with E-state index in [0.717, 1.165) is 12.1 Å². The van der Waals surface area contributed by atoms with Crippen LogP contribution in [0, 0.1) is 6.92 Å². The fourth-order valence-corrected chi connectivity index (χ4v) is 4.20. The van der Waals surface area contributed by atoms with Crippen molar-refractivity contribution < 1.29 is 26.8 Å². The van der Waals surface area contributed by atoms with Crippen LogP contribution in [-0.2, 0) is 17.4 Å². The zero-order valence-corrected chi connectivity index (χ0v) is 18.1. The number of aromatic nitrogens is 2. The number of ether oxygens (including phenoxy) is 1. The standard InChI is InChI=1S/C24H22F3N5O2/c1-14-11-16(24(25,26)27)13-21(29-14)32-17-6-4-3-5-15(17)12-18(32)23(33)31(2)20-8-7-19-22(30-20)28-9-10-34-19/h3-8,11,13,18H,9-10,12H2,1-2H3,(H,28,30)/i2D3. The number of amides is 1. The van der Waals surface area contributed by atoms with Crippen molar-refractivity contribution in [2.45, 2.75) is 25.6 Å². The van der Waals surface area contributed by atoms with Crippen molar-refractivity contribution >= 4 is 29.0 Å². The molecule has 1 atom stereocenters. The Morgan fingerprint density at radius 3 is 2.85 bits per heavy atom. The summed E-state index contributed by atoms with van der Waals surface area (Å²) < 4.78 is 70.6. The molecule has 7 nitrogen and oxygen atoms in total. The van der Waals surface area contributed by atoms with E-state index in [9.17, 15) is 18.0 Å². The van der Waals surface area contributed by atoms with E-state index in [1.54, 1.807) is 24.3 Å². The Balaban J connectivity index is 1.61. The molecule has 0 aliphatic carbocycles. The normalized spacial score (nSPS) is 18.5. The molecule has 4 heterocycles. The minimum absolute atomic E-state index is 0.0743. The largest absolute Gasteiger partial charge is 0.488 e. The van der Waals surface area contributed by atoms with Crippen LogP contribution in [0.4, 0.5) is 36.3 Å². The number of aryl methyl sites for hydroxylation is 1. The molecule has 2 aromatic heterocycles. The van der Waals surface area contributed by atoms with Crippen molar-refractivity contribution in [3.8, 4) is 5.75 Å². The lowest BCUT2D eigenvalue weighted by molar-refractivity contribution is -0.137. The van der Waals surface area contributed by atoms with Crippen molar-refractivity contribution in [1.82, 2.24) is 9.97 Å². The van der Waals surface area contributed by atoms with Crippen LogP contribution in [0.25, 0.3) is 0 Å². The Morgan fingerprint density at radius 1 is 1.24 bits per heavy atom. The molecule has 10 heteroatoms. The van der Waals surface area contributed by atoms with Crippen LogP contribution < -0.4 is 19.9 Å². The highest BCUT2D eigenvalue weighted by Gasteiger charge is 2.40. The lowest BCUT2D eigenvalue weighted by atomic mass is 10.1. The Hall–Kier alpha value is -3.82. The number of benzene rings is 1. The van der Waals surface area contributed by atoms with E-state index in [1.807, 2.05) is 0 Å². The third-order valence-electron chi connectivity index (χ3n) is 5.72. The molecule has 1 aromatic carbocycles. The molecule has 5 rings (SSSR count). The fourth-order valence-electron chi connectivity index (χ4n) is 4.20. The van der Waals surface area contributed by atoms with E-state index in [2.05, 4.69) is 15.3 Å². The van der Waals surface area contributed by atoms with E-state index in [4.69, 9.17) is 8.85 Å². The number of pyridine rings is 2. The lowest BCUT2D eigenvalue weighted by Gasteiger charge is -2.30. The van der Waals surface area contributed by atoms with Gasteiger partial charge in [0.25, 0.3) is 5.91 Å². The number of nitrogens with one attached hydrogen (secondary N) is 1. The Labute approximate surface area is 198 Å². The SMILES string of the molecule is [2H]C([2H])([2H])N(C(=O)C1Cc2ccccc2N1c1cc(C(F)(F)F)cc(C)n1)c1ccc2c(n1)NCCO2. The average Bonchev–Trinajstić information content (AvgIpc) is 3.22. The molecular formula is C24H22F3N5O2. The predicted molar refractivity (Wildman–Crippen MR) is 122 cm³/mol. The van der Waals surface area contributed by atoms with Crippen LogP contribution in [0.5, 0.6) is 5.75 Å². The second-order valence-corrected chi connectivity index (χ2v) is 8.04. The molecule has 0 bridgehead atoms. The summed E-state index contributed by atoms with van der Waals surface area (Å²) in [6, 6.07) is 10.4. The van der Waals surface area contributed by atoms with E-state index in [0.29, 0.717) is 40.9 Å². The topological polar surface area (TPSA) is 70.6 Å². The van der Waals surface area contributed by atoms with Gasteiger partial charge in [-0.05, 0) is 42.8 Å². The van der Waals surface area contributed by atoms with Crippen LogP contribution in [0.3, 0.4) is 0 Å². The van der Waals surface area contributed by atoms with E-state index < -0.39 is 30.7 Å². The Morgan fingerprint density at radius 2 is 2.06 bits per heavy atom. The summed E-state index contributed by atoms with van der Waals surface area (Å²) in [6.07, 6.45) is -4.56. The number of anilines is 4. The summed E-state index contributed by atoms with van der Waals surface area (Å²) in [5, 5.41) is 3.01. The average molecular weight is 472 g/mol. The monoisotopic (exact) mass is 472 g/mol. The maximum absolute atomic E-state index is 14.0. The van der Waals surface area contributed by atoms with Crippen molar-refractivity contribution in [1.29, 1.82) is 0 Å². The van der Waals surface area contributed by atoms with Crippen LogP contribution in [0.15, 0.2) is 48.5 Å². The molecule has 1 amide bonds. The number of likely N-dealkylation sites (N-methyl/N-ethyl adjacent to an activating group) is 1. The molecule has 0 saturated heterocycles. The number of carbonyl (C=O) groups excluding carboxylic acids is 1. The molecule has 1 unspecified atom stereocenters. The van der Waals surface area contributed by atoms with Crippen LogP contribution in [0.1, 0.15) is 20.9 Å². The Bertz CT molecular complexity index is 1370. The zero-order valence-electron chi connectivity index (χ0n) is 21.1. The molecule has 2 aliphatic rings. The Kier molecular flexibility index (Phi) is 4.48. The molecule has 34 heavy (non-hydrogen) atoms. The first kappa shape index (κ1) is 18.6. The first-order valence-corrected chi connectivity index (χ1v) is 10.6. The molecule has 176 valence electrons. The maximum Gasteiger partial charge on any atom is 0.416 e. The number of fused-ring (bicyclic) bond motifs is 2. The number of hydrogen-bond donors (Lipinski definition) is 1. The molecule has 0 fully saturated rings. The number of para-hydroxylation sites is 1. The van der Waals surface area contributed by atoms with E-state index >= 15 is 0 Å². The van der Waals surface area contributed by atoms with Crippen LogP contribution >= 0.6 is 0 Å². The summed E-state index contributed by atoms with van der Waals surface area (Å²) in [5.41, 5.74) is 0.346. The molecular weight excluding hydrogens is 447 g/mol. The summed E-state index contributed by atoms with van der Waals surface area (Å²) >= 11 is 0. The van der Waals surface area contributed by atoms with Gasteiger partial charge in [-0.25, -0.2) is 9.97 Å². The fraction of sp³-hybridized carbons (Fsp3) is 0.292. The molecule has 1 N–H and O–H groups in total. The predicted octanol–water partition coefficient (Wildman–Crippen LogP) is 4.33. The summed E-state index contributed by atoms with van der Waals surface area (Å²) in [5.74, 6) is -0.364. The zero-order chi connectivity index (χ0) is 26.5. The van der Waals surface area contributed by atoms with Gasteiger partial charge in [0.1, 0.15) is 24.3 Å². The molecule has 0 saturated carbocycles. The number of nitrogens with zero attached hydrogens (tertiary/aromatic N) is 4. The molecule has 3 aromatic rings. The second-order valence-electron chi connectivity index (χ2n) is 8.04. The molecule has 0 radical (unpaired) electrons. The number of alkyl halides is 3. The maximum atomic E-state index is 14.0. The summed E-state index contributed by atoms with van der Waals surface area (Å²) in [4.78, 5) is 24.5. The summed E-state index contributed by atoms with van der Waals surface area (Å²) in [6.45, 7) is -0.629. The van der Waals surface area contributed by atoms with Gasteiger partial charge in [-0.15, -0.1) is 0 Å². The van der Waals surface area contributed by atoms with Crippen molar-refractivity contribution in [2.75, 3.05) is 35.2 Å². The summed E-state index contributed by atoms with van der Waals surface area (Å²) in [7, 11) is 0. The van der Waals surface area contributed by atoms with Gasteiger partial charge in [0, 0.05) is 28.9 Å². The smallest absolute Gasteiger partial charge is 0.416 e. The quantitative estimate of drug-likeness (QED) is 0.612. The first-order chi connectivity index (χ1) is 17.4. The van der Waals surface area contributed by atoms with Crippen molar-refractivity contribution in [3.05, 3.63) is 65.4 Å². The highest BCUT2D eigenvalue weighted by Crippen LogP contribution is 2.40. The van der Waals surface area contributed by atoms with Gasteiger partial charge < -0.3 is 15.0 Å². The number of carbonyl (C=O) groups is 1. The van der Waals surface area contributed by atoms with Gasteiger partial charge >= 0.3 is 6.18 Å². The third kappa shape index (κ3) is 3.89. The van der Waals surface area contributed by atoms with Crippen molar-refractivity contribution in [3.63, 3.8) is 0 Å². The lowest BCUT2D eigenvalue weighted by Crippen LogP contribution is -2.45. The van der Waals surface area contributed by atoms with Crippen molar-refractivity contribution in [2.24, 2.45) is 0 Å². The highest BCUT2D eigenvalue weighted by atomic mass is 19.4. The molecule has 0 spiro atoms. The van der Waals surface area contributed by atoms with Gasteiger partial charge in [0.05, 0.1) is 12.1 Å². The van der Waals surface area contributed by atoms with Crippen LogP contribution in [0.2, 0.25) is 0 Å². The number of halogens is 3. The minimum atomic E-state index is -4.63. The van der Waals surface area contributed by atoms with Gasteiger partial charge in [0.15, 0.2) is 11.6 Å². The van der Waals surface area contributed by atoms with Crippen LogP contribution in [-0.4, -0.2) is 42.0 Å². The minimum Gasteiger partial charge on any atom is -0.488 e. The number of hydrogen-bond acceptors (Lipinski definition) is 6. The van der Waals surface area contributed by atoms with Gasteiger partial charge in [-0.2, -0.15) is 13.2 Å².